The van der Waals surface area contributed by atoms with Gasteiger partial charge in [-0.05, 0) is 43.7 Å². The lowest BCUT2D eigenvalue weighted by Crippen LogP contribution is -2.44. The van der Waals surface area contributed by atoms with Crippen LogP contribution in [0.25, 0.3) is 0 Å². The summed E-state index contributed by atoms with van der Waals surface area (Å²) in [5, 5.41) is 3.40. The average Bonchev–Trinajstić information content (AvgIpc) is 2.85. The quantitative estimate of drug-likeness (QED) is 0.693. The summed E-state index contributed by atoms with van der Waals surface area (Å²) in [6.07, 6.45) is 3.48. The highest BCUT2D eigenvalue weighted by molar-refractivity contribution is 5.77. The van der Waals surface area contributed by atoms with Crippen molar-refractivity contribution in [1.29, 1.82) is 0 Å². The first-order valence-electron chi connectivity index (χ1n) is 5.81. The number of fused-ring (bicyclic) bond motifs is 1. The molecule has 14 heavy (non-hydrogen) atoms. The van der Waals surface area contributed by atoms with Gasteiger partial charge < -0.3 is 10.2 Å². The topological polar surface area (TPSA) is 32.3 Å². The van der Waals surface area contributed by atoms with E-state index >= 15 is 0 Å². The minimum atomic E-state index is 0.404. The molecule has 2 atom stereocenters. The van der Waals surface area contributed by atoms with Crippen LogP contribution < -0.4 is 5.32 Å². The summed E-state index contributed by atoms with van der Waals surface area (Å²) >= 11 is 0. The Morgan fingerprint density at radius 3 is 2.86 bits per heavy atom. The van der Waals surface area contributed by atoms with Gasteiger partial charge in [-0.15, -0.1) is 0 Å². The van der Waals surface area contributed by atoms with E-state index in [0.717, 1.165) is 44.4 Å². The van der Waals surface area contributed by atoms with Gasteiger partial charge in [-0.1, -0.05) is 0 Å². The molecule has 78 valence electrons. The van der Waals surface area contributed by atoms with E-state index in [0.29, 0.717) is 11.8 Å². The van der Waals surface area contributed by atoms with Crippen molar-refractivity contribution in [3.63, 3.8) is 0 Å². The van der Waals surface area contributed by atoms with E-state index in [9.17, 15) is 4.79 Å². The molecule has 1 aliphatic carbocycles. The summed E-state index contributed by atoms with van der Waals surface area (Å²) in [6.45, 7) is 4.25. The van der Waals surface area contributed by atoms with Gasteiger partial charge in [0.2, 0.25) is 5.91 Å². The summed E-state index contributed by atoms with van der Waals surface area (Å²) in [5.74, 6) is 2.62. The number of carbonyl (C=O) groups excluding carboxylic acids is 1. The Bertz CT molecular complexity index is 250. The van der Waals surface area contributed by atoms with Crippen LogP contribution in [0, 0.1) is 17.8 Å². The molecule has 3 rings (SSSR count). The van der Waals surface area contributed by atoms with Gasteiger partial charge in [-0.2, -0.15) is 0 Å². The Labute approximate surface area is 84.8 Å². The van der Waals surface area contributed by atoms with Crippen LogP contribution in [-0.2, 0) is 4.79 Å². The largest absolute Gasteiger partial charge is 0.342 e. The molecule has 1 N–H and O–H groups in total. The second-order valence-corrected chi connectivity index (χ2v) is 5.12. The third kappa shape index (κ3) is 1.54. The van der Waals surface area contributed by atoms with E-state index in [1.54, 1.807) is 0 Å². The van der Waals surface area contributed by atoms with Crippen LogP contribution in [0.2, 0.25) is 0 Å². The number of nitrogens with zero attached hydrogens (tertiary/aromatic N) is 1. The van der Waals surface area contributed by atoms with Crippen LogP contribution in [-0.4, -0.2) is 37.0 Å². The van der Waals surface area contributed by atoms with Gasteiger partial charge in [0.05, 0.1) is 0 Å². The molecular formula is C11H18N2O. The van der Waals surface area contributed by atoms with Crippen LogP contribution in [0.5, 0.6) is 0 Å². The Hall–Kier alpha value is -0.570. The number of amides is 1. The predicted octanol–water partition coefficient (Wildman–Crippen LogP) is 0.464. The SMILES string of the molecule is O=C1CC2CNCC2CN1CC1CC1. The minimum absolute atomic E-state index is 0.404. The molecule has 3 nitrogen and oxygen atoms in total. The highest BCUT2D eigenvalue weighted by Crippen LogP contribution is 2.33. The number of carbonyl (C=O) groups is 1. The normalized spacial score (nSPS) is 37.4. The predicted molar refractivity (Wildman–Crippen MR) is 53.8 cm³/mol. The molecule has 3 heteroatoms. The second-order valence-electron chi connectivity index (χ2n) is 5.12. The third-order valence-corrected chi connectivity index (χ3v) is 3.90. The summed E-state index contributed by atoms with van der Waals surface area (Å²) < 4.78 is 0. The molecule has 0 aromatic rings. The van der Waals surface area contributed by atoms with E-state index < -0.39 is 0 Å². The first kappa shape index (κ1) is 8.72. The molecule has 2 unspecified atom stereocenters. The van der Waals surface area contributed by atoms with Crippen molar-refractivity contribution in [1.82, 2.24) is 10.2 Å². The molecule has 2 aliphatic heterocycles. The van der Waals surface area contributed by atoms with E-state index in [1.807, 2.05) is 0 Å². The fourth-order valence-corrected chi connectivity index (χ4v) is 2.77. The maximum atomic E-state index is 11.8. The van der Waals surface area contributed by atoms with Crippen molar-refractivity contribution in [2.24, 2.45) is 17.8 Å². The van der Waals surface area contributed by atoms with Gasteiger partial charge >= 0.3 is 0 Å². The number of piperidine rings is 1. The van der Waals surface area contributed by atoms with E-state index in [4.69, 9.17) is 0 Å². The van der Waals surface area contributed by atoms with Crippen LogP contribution in [0.1, 0.15) is 19.3 Å². The van der Waals surface area contributed by atoms with E-state index in [2.05, 4.69) is 10.2 Å². The number of nitrogens with one attached hydrogen (secondary N) is 1. The maximum Gasteiger partial charge on any atom is 0.222 e. The zero-order chi connectivity index (χ0) is 9.54. The fourth-order valence-electron chi connectivity index (χ4n) is 2.77. The zero-order valence-electron chi connectivity index (χ0n) is 8.54. The molecule has 3 fully saturated rings. The molecule has 0 radical (unpaired) electrons. The van der Waals surface area contributed by atoms with Crippen molar-refractivity contribution >= 4 is 5.91 Å². The maximum absolute atomic E-state index is 11.8. The lowest BCUT2D eigenvalue weighted by atomic mass is 9.88. The monoisotopic (exact) mass is 194 g/mol. The van der Waals surface area contributed by atoms with E-state index in [-0.39, 0.29) is 0 Å². The number of likely N-dealkylation sites (tertiary alicyclic amines) is 1. The number of rotatable bonds is 2. The first-order chi connectivity index (χ1) is 6.83. The van der Waals surface area contributed by atoms with Crippen molar-refractivity contribution in [2.45, 2.75) is 19.3 Å². The summed E-state index contributed by atoms with van der Waals surface area (Å²) in [6, 6.07) is 0. The summed E-state index contributed by atoms with van der Waals surface area (Å²) in [5.41, 5.74) is 0. The first-order valence-corrected chi connectivity index (χ1v) is 5.81. The zero-order valence-corrected chi connectivity index (χ0v) is 8.54. The van der Waals surface area contributed by atoms with Crippen molar-refractivity contribution in [3.05, 3.63) is 0 Å². The molecule has 1 amide bonds. The molecule has 2 saturated heterocycles. The van der Waals surface area contributed by atoms with Crippen molar-refractivity contribution in [2.75, 3.05) is 26.2 Å². The lowest BCUT2D eigenvalue weighted by molar-refractivity contribution is -0.136. The third-order valence-electron chi connectivity index (χ3n) is 3.90. The molecule has 0 aromatic carbocycles. The lowest BCUT2D eigenvalue weighted by Gasteiger charge is -2.34. The van der Waals surface area contributed by atoms with Gasteiger partial charge in [0, 0.05) is 19.5 Å². The number of hydrogen-bond donors (Lipinski definition) is 1. The Balaban J connectivity index is 1.64. The second kappa shape index (κ2) is 3.23. The molecule has 0 spiro atoms. The van der Waals surface area contributed by atoms with Gasteiger partial charge in [0.15, 0.2) is 0 Å². The van der Waals surface area contributed by atoms with E-state index in [1.165, 1.54) is 12.8 Å². The molecule has 2 heterocycles. The Morgan fingerprint density at radius 2 is 2.07 bits per heavy atom. The fraction of sp³-hybridized carbons (Fsp3) is 0.909. The highest BCUT2D eigenvalue weighted by atomic mass is 16.2. The molecule has 0 bridgehead atoms. The molecular weight excluding hydrogens is 176 g/mol. The Morgan fingerprint density at radius 1 is 1.29 bits per heavy atom. The van der Waals surface area contributed by atoms with Crippen LogP contribution in [0.15, 0.2) is 0 Å². The summed E-state index contributed by atoms with van der Waals surface area (Å²) in [4.78, 5) is 13.9. The van der Waals surface area contributed by atoms with Gasteiger partial charge in [0.25, 0.3) is 0 Å². The summed E-state index contributed by atoms with van der Waals surface area (Å²) in [7, 11) is 0. The van der Waals surface area contributed by atoms with Gasteiger partial charge in [-0.3, -0.25) is 4.79 Å². The smallest absolute Gasteiger partial charge is 0.222 e. The number of hydrogen-bond acceptors (Lipinski definition) is 2. The van der Waals surface area contributed by atoms with Crippen LogP contribution >= 0.6 is 0 Å². The molecule has 0 aromatic heterocycles. The van der Waals surface area contributed by atoms with Gasteiger partial charge in [-0.25, -0.2) is 0 Å². The average molecular weight is 194 g/mol. The highest BCUT2D eigenvalue weighted by Gasteiger charge is 2.38. The molecule has 3 aliphatic rings. The van der Waals surface area contributed by atoms with Crippen molar-refractivity contribution in [3.8, 4) is 0 Å². The van der Waals surface area contributed by atoms with Crippen molar-refractivity contribution < 1.29 is 4.79 Å². The molecule has 1 saturated carbocycles. The van der Waals surface area contributed by atoms with Gasteiger partial charge in [0.1, 0.15) is 0 Å². The Kier molecular flexibility index (Phi) is 2.01. The van der Waals surface area contributed by atoms with Crippen LogP contribution in [0.3, 0.4) is 0 Å². The standard InChI is InChI=1S/C11H18N2O/c14-11-3-9-4-12-5-10(9)7-13(11)6-8-1-2-8/h8-10,12H,1-7H2. The minimum Gasteiger partial charge on any atom is -0.342 e. The van der Waals surface area contributed by atoms with Crippen LogP contribution in [0.4, 0.5) is 0 Å².